The fourth-order valence-electron chi connectivity index (χ4n) is 4.79. The third-order valence-corrected chi connectivity index (χ3v) is 9.93. The summed E-state index contributed by atoms with van der Waals surface area (Å²) in [5.41, 5.74) is 5.48. The SMILES string of the molecule is CC(C)(C)[S+]([O-])N[C@@H](Cc1cc(F)c(F)cc1F)[C@@H]1C[C@H]2CC[C@@H](C1)N2S(=O)(=O)CCN. The van der Waals surface area contributed by atoms with Crippen LogP contribution in [0.25, 0.3) is 0 Å². The van der Waals surface area contributed by atoms with Gasteiger partial charge in [-0.05, 0) is 70.4 Å². The lowest BCUT2D eigenvalue weighted by Gasteiger charge is -2.41. The van der Waals surface area contributed by atoms with Crippen molar-refractivity contribution in [3.8, 4) is 0 Å². The lowest BCUT2D eigenvalue weighted by molar-refractivity contribution is 0.165. The van der Waals surface area contributed by atoms with Crippen LogP contribution in [0.1, 0.15) is 52.0 Å². The highest BCUT2D eigenvalue weighted by Gasteiger charge is 2.48. The van der Waals surface area contributed by atoms with E-state index in [0.29, 0.717) is 18.9 Å². The van der Waals surface area contributed by atoms with Crippen LogP contribution in [0.4, 0.5) is 13.2 Å². The second kappa shape index (κ2) is 9.79. The van der Waals surface area contributed by atoms with Crippen LogP contribution in [0.15, 0.2) is 12.1 Å². The molecule has 0 spiro atoms. The summed E-state index contributed by atoms with van der Waals surface area (Å²) in [5, 5.41) is 0. The van der Waals surface area contributed by atoms with Gasteiger partial charge in [0.05, 0.1) is 11.8 Å². The maximum atomic E-state index is 14.4. The number of nitrogens with two attached hydrogens (primary N) is 1. The first kappa shape index (κ1) is 25.8. The van der Waals surface area contributed by atoms with Gasteiger partial charge in [0.2, 0.25) is 10.0 Å². The number of piperidine rings is 1. The van der Waals surface area contributed by atoms with E-state index >= 15 is 0 Å². The Balaban J connectivity index is 1.86. The van der Waals surface area contributed by atoms with E-state index in [-0.39, 0.29) is 42.3 Å². The molecule has 1 unspecified atom stereocenters. The molecule has 1 aromatic rings. The Kier molecular flexibility index (Phi) is 7.88. The Hall–Kier alpha value is -0.850. The van der Waals surface area contributed by atoms with Crippen molar-refractivity contribution in [2.75, 3.05) is 12.3 Å². The van der Waals surface area contributed by atoms with E-state index in [9.17, 15) is 26.1 Å². The highest BCUT2D eigenvalue weighted by Crippen LogP contribution is 2.42. The standard InChI is InChI=1S/C21H32F3N3O3S2/c1-21(2,3)31(28)26-20(11-13-10-18(23)19(24)12-17(13)22)14-8-15-4-5-16(9-14)27(15)32(29,30)7-6-25/h10,12,14-16,20,26H,4-9,11,25H2,1-3H3/t14-,15-,16+,20-,31?/m0/s1. The molecule has 3 rings (SSSR count). The summed E-state index contributed by atoms with van der Waals surface area (Å²) >= 11 is -1.48. The van der Waals surface area contributed by atoms with Gasteiger partial charge in [-0.15, -0.1) is 4.72 Å². The Bertz CT molecular complexity index is 913. The molecular formula is C21H32F3N3O3S2. The molecular weight excluding hydrogens is 463 g/mol. The average molecular weight is 496 g/mol. The Morgan fingerprint density at radius 3 is 2.25 bits per heavy atom. The number of nitrogens with zero attached hydrogens (tertiary/aromatic N) is 1. The molecule has 0 saturated carbocycles. The Morgan fingerprint density at radius 1 is 1.16 bits per heavy atom. The van der Waals surface area contributed by atoms with Crippen LogP contribution in [-0.2, 0) is 27.8 Å². The molecule has 1 aromatic carbocycles. The lowest BCUT2D eigenvalue weighted by atomic mass is 9.83. The minimum atomic E-state index is -3.46. The quantitative estimate of drug-likeness (QED) is 0.427. The fraction of sp³-hybridized carbons (Fsp3) is 0.714. The second-order valence-electron chi connectivity index (χ2n) is 9.72. The maximum absolute atomic E-state index is 14.4. The van der Waals surface area contributed by atoms with Gasteiger partial charge >= 0.3 is 0 Å². The zero-order valence-electron chi connectivity index (χ0n) is 18.6. The van der Waals surface area contributed by atoms with Crippen LogP contribution in [-0.4, -0.2) is 52.4 Å². The number of benzene rings is 1. The van der Waals surface area contributed by atoms with Crippen LogP contribution in [0, 0.1) is 23.4 Å². The van der Waals surface area contributed by atoms with Gasteiger partial charge in [-0.1, -0.05) is 0 Å². The first-order valence-corrected chi connectivity index (χ1v) is 13.6. The van der Waals surface area contributed by atoms with Gasteiger partial charge in [-0.3, -0.25) is 0 Å². The van der Waals surface area contributed by atoms with Crippen molar-refractivity contribution in [1.29, 1.82) is 0 Å². The molecule has 0 aliphatic carbocycles. The van der Waals surface area contributed by atoms with Gasteiger partial charge in [0.1, 0.15) is 10.6 Å². The zero-order chi connectivity index (χ0) is 23.8. The highest BCUT2D eigenvalue weighted by atomic mass is 32.2. The largest absolute Gasteiger partial charge is 0.598 e. The van der Waals surface area contributed by atoms with Crippen LogP contribution < -0.4 is 10.5 Å². The molecule has 2 saturated heterocycles. The number of rotatable bonds is 8. The topological polar surface area (TPSA) is 98.5 Å². The predicted octanol–water partition coefficient (Wildman–Crippen LogP) is 2.60. The van der Waals surface area contributed by atoms with Gasteiger partial charge < -0.3 is 10.3 Å². The molecule has 0 amide bonds. The normalized spacial score (nSPS) is 26.3. The summed E-state index contributed by atoms with van der Waals surface area (Å²) in [5.74, 6) is -3.47. The molecule has 2 aliphatic heterocycles. The zero-order valence-corrected chi connectivity index (χ0v) is 20.2. The molecule has 2 aliphatic rings. The van der Waals surface area contributed by atoms with Gasteiger partial charge in [0.25, 0.3) is 0 Å². The first-order chi connectivity index (χ1) is 14.8. The van der Waals surface area contributed by atoms with Gasteiger partial charge in [0.15, 0.2) is 11.6 Å². The van der Waals surface area contributed by atoms with Crippen LogP contribution in [0.5, 0.6) is 0 Å². The maximum Gasteiger partial charge on any atom is 0.215 e. The van der Waals surface area contributed by atoms with E-state index in [0.717, 1.165) is 18.9 Å². The van der Waals surface area contributed by atoms with Crippen molar-refractivity contribution in [2.24, 2.45) is 11.7 Å². The van der Waals surface area contributed by atoms with Crippen LogP contribution in [0.2, 0.25) is 0 Å². The summed E-state index contributed by atoms with van der Waals surface area (Å²) in [6.45, 7) is 5.46. The lowest BCUT2D eigenvalue weighted by Crippen LogP contribution is -2.54. The molecule has 182 valence electrons. The summed E-state index contributed by atoms with van der Waals surface area (Å²) in [4.78, 5) is 0. The van der Waals surface area contributed by atoms with Gasteiger partial charge in [-0.25, -0.2) is 21.6 Å². The van der Waals surface area contributed by atoms with Crippen molar-refractivity contribution in [1.82, 2.24) is 9.03 Å². The molecule has 0 radical (unpaired) electrons. The van der Waals surface area contributed by atoms with Crippen LogP contribution >= 0.6 is 0 Å². The molecule has 0 aromatic heterocycles. The third-order valence-electron chi connectivity index (χ3n) is 6.31. The van der Waals surface area contributed by atoms with Crippen LogP contribution in [0.3, 0.4) is 0 Å². The molecule has 5 atom stereocenters. The van der Waals surface area contributed by atoms with Crippen molar-refractivity contribution in [2.45, 2.75) is 75.7 Å². The smallest absolute Gasteiger partial charge is 0.215 e. The molecule has 32 heavy (non-hydrogen) atoms. The number of hydrogen-bond acceptors (Lipinski definition) is 5. The molecule has 2 fully saturated rings. The predicted molar refractivity (Wildman–Crippen MR) is 119 cm³/mol. The average Bonchev–Trinajstić information content (AvgIpc) is 2.96. The van der Waals surface area contributed by atoms with E-state index in [1.807, 2.05) is 0 Å². The highest BCUT2D eigenvalue weighted by molar-refractivity contribution is 7.90. The van der Waals surface area contributed by atoms with Crippen molar-refractivity contribution in [3.63, 3.8) is 0 Å². The van der Waals surface area contributed by atoms with E-state index < -0.39 is 49.6 Å². The van der Waals surface area contributed by atoms with Gasteiger partial charge in [-0.2, -0.15) is 4.31 Å². The molecule has 3 N–H and O–H groups in total. The molecule has 2 heterocycles. The van der Waals surface area contributed by atoms with E-state index in [1.54, 1.807) is 25.1 Å². The summed E-state index contributed by atoms with van der Waals surface area (Å²) in [6.07, 6.45) is 2.50. The summed E-state index contributed by atoms with van der Waals surface area (Å²) < 4.78 is 83.9. The van der Waals surface area contributed by atoms with E-state index in [4.69, 9.17) is 5.73 Å². The van der Waals surface area contributed by atoms with E-state index in [1.165, 1.54) is 0 Å². The number of sulfonamides is 1. The molecule has 11 heteroatoms. The summed E-state index contributed by atoms with van der Waals surface area (Å²) in [7, 11) is -3.46. The second-order valence-corrected chi connectivity index (χ2v) is 13.7. The van der Waals surface area contributed by atoms with Crippen molar-refractivity contribution >= 4 is 21.4 Å². The monoisotopic (exact) mass is 495 g/mol. The molecule has 2 bridgehead atoms. The van der Waals surface area contributed by atoms with Gasteiger partial charge in [0, 0.05) is 36.1 Å². The Labute approximate surface area is 191 Å². The number of halogens is 3. The first-order valence-electron chi connectivity index (χ1n) is 10.9. The fourth-order valence-corrected chi connectivity index (χ4v) is 7.49. The Morgan fingerprint density at radius 2 is 1.72 bits per heavy atom. The van der Waals surface area contributed by atoms with E-state index in [2.05, 4.69) is 4.72 Å². The van der Waals surface area contributed by atoms with Crippen molar-refractivity contribution < 1.29 is 26.1 Å². The molecule has 6 nitrogen and oxygen atoms in total. The summed E-state index contributed by atoms with van der Waals surface area (Å²) in [6, 6.07) is 0.481. The van der Waals surface area contributed by atoms with Crippen molar-refractivity contribution in [3.05, 3.63) is 35.1 Å². The number of hydrogen-bond donors (Lipinski definition) is 2. The minimum absolute atomic E-state index is 0.00200. The number of fused-ring (bicyclic) bond motifs is 2. The minimum Gasteiger partial charge on any atom is -0.598 e. The third kappa shape index (κ3) is 5.61. The number of nitrogens with one attached hydrogen (secondary N) is 1.